The van der Waals surface area contributed by atoms with E-state index in [0.29, 0.717) is 0 Å². The Morgan fingerprint density at radius 3 is 2.00 bits per heavy atom. The Kier molecular flexibility index (Phi) is 11.7. The van der Waals surface area contributed by atoms with E-state index in [1.807, 2.05) is 44.2 Å². The molecule has 1 aromatic rings. The van der Waals surface area contributed by atoms with Crippen molar-refractivity contribution in [2.75, 3.05) is 19.8 Å². The predicted octanol–water partition coefficient (Wildman–Crippen LogP) is 4.56. The van der Waals surface area contributed by atoms with Crippen molar-refractivity contribution in [1.82, 2.24) is 4.90 Å². The van der Waals surface area contributed by atoms with E-state index in [2.05, 4.69) is 18.7 Å². The van der Waals surface area contributed by atoms with Gasteiger partial charge < -0.3 is 4.74 Å². The molecular weight excluding hydrogens is 222 g/mol. The molecule has 1 aliphatic rings. The van der Waals surface area contributed by atoms with Crippen LogP contribution in [0.15, 0.2) is 30.3 Å². The summed E-state index contributed by atoms with van der Waals surface area (Å²) >= 11 is 0. The Morgan fingerprint density at radius 2 is 1.50 bits per heavy atom. The molecule has 0 atom stereocenters. The normalized spacial score (nSPS) is 14.0. The van der Waals surface area contributed by atoms with Gasteiger partial charge in [-0.05, 0) is 25.0 Å². The zero-order valence-electron chi connectivity index (χ0n) is 12.5. The Balaban J connectivity index is 0.000000509. The van der Waals surface area contributed by atoms with Crippen LogP contribution in [0, 0.1) is 0 Å². The van der Waals surface area contributed by atoms with Gasteiger partial charge in [-0.25, -0.2) is 0 Å². The highest BCUT2D eigenvalue weighted by Gasteiger charge is 2.10. The molecule has 1 aromatic carbocycles. The van der Waals surface area contributed by atoms with Gasteiger partial charge in [-0.1, -0.05) is 52.3 Å². The summed E-state index contributed by atoms with van der Waals surface area (Å²) in [5.41, 5.74) is 0. The summed E-state index contributed by atoms with van der Waals surface area (Å²) in [6.07, 6.45) is 3.89. The Morgan fingerprint density at radius 1 is 1.00 bits per heavy atom. The van der Waals surface area contributed by atoms with Gasteiger partial charge in [0.25, 0.3) is 0 Å². The van der Waals surface area contributed by atoms with E-state index in [9.17, 15) is 0 Å². The van der Waals surface area contributed by atoms with Crippen molar-refractivity contribution >= 4 is 0 Å². The standard InChI is InChI=1S/C11H15NO.C3H8.C2H6/c1-2-6-11(7-3-1)13-10-12-8-4-5-9-12;1-3-2;1-2/h1-3,6-7H,4-5,8-10H2;3H2,1-2H3;1-2H3. The first-order chi connectivity index (χ1) is 8.86. The summed E-state index contributed by atoms with van der Waals surface area (Å²) in [6, 6.07) is 9.99. The minimum Gasteiger partial charge on any atom is -0.478 e. The van der Waals surface area contributed by atoms with Crippen molar-refractivity contribution < 1.29 is 4.74 Å². The van der Waals surface area contributed by atoms with Crippen LogP contribution in [0.2, 0.25) is 0 Å². The first kappa shape index (κ1) is 17.0. The molecule has 0 N–H and O–H groups in total. The van der Waals surface area contributed by atoms with Crippen LogP contribution in [-0.2, 0) is 0 Å². The Hall–Kier alpha value is -1.02. The lowest BCUT2D eigenvalue weighted by Gasteiger charge is -2.15. The zero-order chi connectivity index (χ0) is 13.6. The molecular formula is C16H29NO. The van der Waals surface area contributed by atoms with E-state index in [4.69, 9.17) is 4.74 Å². The number of hydrogen-bond donors (Lipinski definition) is 0. The van der Waals surface area contributed by atoms with Gasteiger partial charge in [0.15, 0.2) is 0 Å². The fourth-order valence-electron chi connectivity index (χ4n) is 1.59. The smallest absolute Gasteiger partial charge is 0.142 e. The van der Waals surface area contributed by atoms with Crippen molar-refractivity contribution in [3.05, 3.63) is 30.3 Å². The van der Waals surface area contributed by atoms with Crippen molar-refractivity contribution in [1.29, 1.82) is 0 Å². The average Bonchev–Trinajstić information content (AvgIpc) is 2.94. The monoisotopic (exact) mass is 251 g/mol. The molecule has 2 heteroatoms. The largest absolute Gasteiger partial charge is 0.478 e. The van der Waals surface area contributed by atoms with Crippen LogP contribution in [0.3, 0.4) is 0 Å². The van der Waals surface area contributed by atoms with Crippen molar-refractivity contribution in [3.63, 3.8) is 0 Å². The molecule has 1 aliphatic heterocycles. The highest BCUT2D eigenvalue weighted by molar-refractivity contribution is 5.20. The first-order valence-electron chi connectivity index (χ1n) is 7.27. The van der Waals surface area contributed by atoms with Crippen LogP contribution in [0.25, 0.3) is 0 Å². The summed E-state index contributed by atoms with van der Waals surface area (Å²) < 4.78 is 5.62. The fourth-order valence-corrected chi connectivity index (χ4v) is 1.59. The van der Waals surface area contributed by atoms with Crippen LogP contribution in [0.4, 0.5) is 0 Å². The molecule has 0 unspecified atom stereocenters. The SMILES string of the molecule is CC.CCC.c1ccc(OCN2CCCC2)cc1. The second kappa shape index (κ2) is 12.4. The van der Waals surface area contributed by atoms with Crippen LogP contribution >= 0.6 is 0 Å². The third-order valence-corrected chi connectivity index (χ3v) is 2.36. The van der Waals surface area contributed by atoms with Crippen LogP contribution < -0.4 is 4.74 Å². The Labute approximate surface area is 113 Å². The second-order valence-corrected chi connectivity index (χ2v) is 4.12. The van der Waals surface area contributed by atoms with E-state index < -0.39 is 0 Å². The maximum Gasteiger partial charge on any atom is 0.142 e. The third kappa shape index (κ3) is 8.13. The second-order valence-electron chi connectivity index (χ2n) is 4.12. The minimum atomic E-state index is 0.740. The molecule has 0 saturated carbocycles. The summed E-state index contributed by atoms with van der Waals surface area (Å²) in [6.45, 7) is 11.4. The van der Waals surface area contributed by atoms with E-state index in [1.165, 1.54) is 32.4 Å². The van der Waals surface area contributed by atoms with Crippen molar-refractivity contribution in [2.45, 2.75) is 47.0 Å². The molecule has 0 amide bonds. The van der Waals surface area contributed by atoms with Gasteiger partial charge in [-0.3, -0.25) is 4.90 Å². The quantitative estimate of drug-likeness (QED) is 0.780. The molecule has 0 radical (unpaired) electrons. The lowest BCUT2D eigenvalue weighted by molar-refractivity contribution is 0.152. The highest BCUT2D eigenvalue weighted by Crippen LogP contribution is 2.11. The molecule has 0 spiro atoms. The number of ether oxygens (including phenoxy) is 1. The van der Waals surface area contributed by atoms with E-state index in [-0.39, 0.29) is 0 Å². The summed E-state index contributed by atoms with van der Waals surface area (Å²) in [4.78, 5) is 2.34. The van der Waals surface area contributed by atoms with E-state index >= 15 is 0 Å². The molecule has 1 saturated heterocycles. The molecule has 0 bridgehead atoms. The van der Waals surface area contributed by atoms with Crippen LogP contribution in [0.1, 0.15) is 47.0 Å². The van der Waals surface area contributed by atoms with Gasteiger partial charge in [-0.15, -0.1) is 0 Å². The molecule has 1 fully saturated rings. The fraction of sp³-hybridized carbons (Fsp3) is 0.625. The summed E-state index contributed by atoms with van der Waals surface area (Å²) in [5.74, 6) is 0.967. The van der Waals surface area contributed by atoms with Crippen molar-refractivity contribution in [2.24, 2.45) is 0 Å². The lowest BCUT2D eigenvalue weighted by Crippen LogP contribution is -2.24. The molecule has 2 rings (SSSR count). The van der Waals surface area contributed by atoms with E-state index in [1.54, 1.807) is 0 Å². The minimum absolute atomic E-state index is 0.740. The van der Waals surface area contributed by atoms with Crippen LogP contribution in [0.5, 0.6) is 5.75 Å². The van der Waals surface area contributed by atoms with Crippen molar-refractivity contribution in [3.8, 4) is 5.75 Å². The highest BCUT2D eigenvalue weighted by atomic mass is 16.5. The van der Waals surface area contributed by atoms with Gasteiger partial charge in [0, 0.05) is 13.1 Å². The number of likely N-dealkylation sites (tertiary alicyclic amines) is 1. The Bertz CT molecular complexity index is 255. The average molecular weight is 251 g/mol. The number of para-hydroxylation sites is 1. The van der Waals surface area contributed by atoms with Gasteiger partial charge >= 0.3 is 0 Å². The molecule has 0 aliphatic carbocycles. The topological polar surface area (TPSA) is 12.5 Å². The van der Waals surface area contributed by atoms with Gasteiger partial charge in [-0.2, -0.15) is 0 Å². The maximum atomic E-state index is 5.62. The number of benzene rings is 1. The molecule has 2 nitrogen and oxygen atoms in total. The van der Waals surface area contributed by atoms with Gasteiger partial charge in [0.2, 0.25) is 0 Å². The zero-order valence-corrected chi connectivity index (χ0v) is 12.5. The lowest BCUT2D eigenvalue weighted by atomic mass is 10.3. The molecule has 0 aromatic heterocycles. The summed E-state index contributed by atoms with van der Waals surface area (Å²) in [5, 5.41) is 0. The van der Waals surface area contributed by atoms with Gasteiger partial charge in [0.1, 0.15) is 12.5 Å². The molecule has 104 valence electrons. The molecule has 18 heavy (non-hydrogen) atoms. The first-order valence-corrected chi connectivity index (χ1v) is 7.27. The number of hydrogen-bond acceptors (Lipinski definition) is 2. The number of nitrogens with zero attached hydrogens (tertiary/aromatic N) is 1. The predicted molar refractivity (Wildman–Crippen MR) is 80.1 cm³/mol. The molecule has 1 heterocycles. The van der Waals surface area contributed by atoms with E-state index in [0.717, 1.165) is 12.5 Å². The van der Waals surface area contributed by atoms with Gasteiger partial charge in [0.05, 0.1) is 0 Å². The van der Waals surface area contributed by atoms with Crippen LogP contribution in [-0.4, -0.2) is 24.7 Å². The third-order valence-electron chi connectivity index (χ3n) is 2.36. The maximum absolute atomic E-state index is 5.62. The summed E-state index contributed by atoms with van der Waals surface area (Å²) in [7, 11) is 0. The number of rotatable bonds is 3.